The monoisotopic (exact) mass is 253 g/mol. The quantitative estimate of drug-likeness (QED) is 0.893. The number of halogens is 1. The largest absolute Gasteiger partial charge is 0.395 e. The molecule has 0 heterocycles. The van der Waals surface area contributed by atoms with Crippen molar-refractivity contribution in [3.05, 3.63) is 34.9 Å². The molecule has 1 aromatic carbocycles. The molecule has 1 amide bonds. The first kappa shape index (κ1) is 12.4. The van der Waals surface area contributed by atoms with Crippen LogP contribution in [0.25, 0.3) is 0 Å². The van der Waals surface area contributed by atoms with Crippen molar-refractivity contribution in [1.82, 2.24) is 4.90 Å². The SMILES string of the molecule is CN(Cc1ccc(Cl)cc1)C(=O)C1(CO)CC1. The zero-order chi connectivity index (χ0) is 12.5. The van der Waals surface area contributed by atoms with Crippen molar-refractivity contribution < 1.29 is 9.90 Å². The van der Waals surface area contributed by atoms with E-state index in [1.165, 1.54) is 0 Å². The van der Waals surface area contributed by atoms with Gasteiger partial charge < -0.3 is 10.0 Å². The second-order valence-electron chi connectivity index (χ2n) is 4.73. The number of aliphatic hydroxyl groups excluding tert-OH is 1. The summed E-state index contributed by atoms with van der Waals surface area (Å²) in [5.41, 5.74) is 0.556. The number of nitrogens with zero attached hydrogens (tertiary/aromatic N) is 1. The molecular formula is C13H16ClNO2. The van der Waals surface area contributed by atoms with Gasteiger partial charge in [0.2, 0.25) is 5.91 Å². The molecule has 0 unspecified atom stereocenters. The van der Waals surface area contributed by atoms with E-state index in [0.29, 0.717) is 11.6 Å². The van der Waals surface area contributed by atoms with E-state index in [9.17, 15) is 9.90 Å². The van der Waals surface area contributed by atoms with E-state index >= 15 is 0 Å². The van der Waals surface area contributed by atoms with Gasteiger partial charge in [0, 0.05) is 18.6 Å². The highest BCUT2D eigenvalue weighted by Crippen LogP contribution is 2.46. The lowest BCUT2D eigenvalue weighted by Gasteiger charge is -2.22. The Kier molecular flexibility index (Phi) is 3.40. The highest BCUT2D eigenvalue weighted by Gasteiger charge is 2.50. The van der Waals surface area contributed by atoms with Crippen LogP contribution in [0.3, 0.4) is 0 Å². The predicted octanol–water partition coefficient (Wildman–Crippen LogP) is 2.07. The number of amides is 1. The molecule has 3 nitrogen and oxygen atoms in total. The van der Waals surface area contributed by atoms with Crippen molar-refractivity contribution in [3.8, 4) is 0 Å². The lowest BCUT2D eigenvalue weighted by atomic mass is 10.1. The third kappa shape index (κ3) is 2.61. The van der Waals surface area contributed by atoms with Gasteiger partial charge in [0.15, 0.2) is 0 Å². The number of aliphatic hydroxyl groups is 1. The van der Waals surface area contributed by atoms with E-state index in [4.69, 9.17) is 11.6 Å². The summed E-state index contributed by atoms with van der Waals surface area (Å²) in [6.45, 7) is 0.508. The van der Waals surface area contributed by atoms with Gasteiger partial charge in [-0.2, -0.15) is 0 Å². The molecule has 0 saturated heterocycles. The fraction of sp³-hybridized carbons (Fsp3) is 0.462. The highest BCUT2D eigenvalue weighted by molar-refractivity contribution is 6.30. The Morgan fingerprint density at radius 3 is 2.47 bits per heavy atom. The van der Waals surface area contributed by atoms with Crippen LogP contribution in [0.4, 0.5) is 0 Å². The average molecular weight is 254 g/mol. The number of hydrogen-bond acceptors (Lipinski definition) is 2. The first-order chi connectivity index (χ1) is 8.07. The summed E-state index contributed by atoms with van der Waals surface area (Å²) in [7, 11) is 1.77. The molecule has 0 aromatic heterocycles. The number of benzene rings is 1. The summed E-state index contributed by atoms with van der Waals surface area (Å²) in [6, 6.07) is 7.44. The van der Waals surface area contributed by atoms with Gasteiger partial charge in [-0.15, -0.1) is 0 Å². The molecule has 0 aliphatic heterocycles. The molecule has 0 spiro atoms. The van der Waals surface area contributed by atoms with E-state index in [1.54, 1.807) is 11.9 Å². The molecule has 1 aliphatic rings. The maximum Gasteiger partial charge on any atom is 0.231 e. The lowest BCUT2D eigenvalue weighted by Crippen LogP contribution is -2.35. The van der Waals surface area contributed by atoms with Crippen LogP contribution in [-0.4, -0.2) is 29.6 Å². The molecule has 1 fully saturated rings. The van der Waals surface area contributed by atoms with Gasteiger partial charge in [-0.3, -0.25) is 4.79 Å². The second kappa shape index (κ2) is 4.67. The van der Waals surface area contributed by atoms with Crippen molar-refractivity contribution in [3.63, 3.8) is 0 Å². The molecule has 92 valence electrons. The minimum atomic E-state index is -0.485. The van der Waals surface area contributed by atoms with Crippen LogP contribution in [0.15, 0.2) is 24.3 Å². The van der Waals surface area contributed by atoms with Crippen LogP contribution in [0.1, 0.15) is 18.4 Å². The first-order valence-electron chi connectivity index (χ1n) is 5.68. The molecule has 17 heavy (non-hydrogen) atoms. The van der Waals surface area contributed by atoms with Gasteiger partial charge in [-0.1, -0.05) is 23.7 Å². The predicted molar refractivity (Wildman–Crippen MR) is 66.7 cm³/mol. The molecule has 1 aliphatic carbocycles. The third-order valence-corrected chi connectivity index (χ3v) is 3.54. The molecule has 0 radical (unpaired) electrons. The molecule has 0 atom stereocenters. The molecule has 1 aromatic rings. The minimum absolute atomic E-state index is 0.0370. The normalized spacial score (nSPS) is 16.6. The van der Waals surface area contributed by atoms with Gasteiger partial charge >= 0.3 is 0 Å². The summed E-state index contributed by atoms with van der Waals surface area (Å²) >= 11 is 5.80. The fourth-order valence-corrected chi connectivity index (χ4v) is 2.06. The van der Waals surface area contributed by atoms with Crippen molar-refractivity contribution in [2.24, 2.45) is 5.41 Å². The Morgan fingerprint density at radius 1 is 1.41 bits per heavy atom. The van der Waals surface area contributed by atoms with Crippen molar-refractivity contribution >= 4 is 17.5 Å². The van der Waals surface area contributed by atoms with Gasteiger partial charge in [0.25, 0.3) is 0 Å². The van der Waals surface area contributed by atoms with E-state index in [1.807, 2.05) is 24.3 Å². The van der Waals surface area contributed by atoms with Crippen molar-refractivity contribution in [2.45, 2.75) is 19.4 Å². The zero-order valence-electron chi connectivity index (χ0n) is 9.82. The Labute approximate surface area is 106 Å². The molecule has 1 saturated carbocycles. The van der Waals surface area contributed by atoms with E-state index in [0.717, 1.165) is 18.4 Å². The molecular weight excluding hydrogens is 238 g/mol. The number of carbonyl (C=O) groups excluding carboxylic acids is 1. The Hall–Kier alpha value is -1.06. The smallest absolute Gasteiger partial charge is 0.231 e. The molecule has 0 bridgehead atoms. The van der Waals surface area contributed by atoms with Crippen LogP contribution in [0.5, 0.6) is 0 Å². The maximum atomic E-state index is 12.1. The van der Waals surface area contributed by atoms with Gasteiger partial charge in [-0.05, 0) is 30.5 Å². The number of hydrogen-bond donors (Lipinski definition) is 1. The van der Waals surface area contributed by atoms with E-state index < -0.39 is 5.41 Å². The lowest BCUT2D eigenvalue weighted by molar-refractivity contribution is -0.137. The van der Waals surface area contributed by atoms with Gasteiger partial charge in [0.1, 0.15) is 0 Å². The zero-order valence-corrected chi connectivity index (χ0v) is 10.6. The topological polar surface area (TPSA) is 40.5 Å². The van der Waals surface area contributed by atoms with Gasteiger partial charge in [-0.25, -0.2) is 0 Å². The van der Waals surface area contributed by atoms with Crippen LogP contribution in [0, 0.1) is 5.41 Å². The summed E-state index contributed by atoms with van der Waals surface area (Å²) in [6.07, 6.45) is 1.60. The molecule has 2 rings (SSSR count). The van der Waals surface area contributed by atoms with E-state index in [-0.39, 0.29) is 12.5 Å². The Morgan fingerprint density at radius 2 is 2.00 bits per heavy atom. The Balaban J connectivity index is 1.99. The van der Waals surface area contributed by atoms with Crippen molar-refractivity contribution in [2.75, 3.05) is 13.7 Å². The summed E-state index contributed by atoms with van der Waals surface area (Å²) in [5, 5.41) is 9.90. The first-order valence-corrected chi connectivity index (χ1v) is 6.06. The van der Waals surface area contributed by atoms with Crippen LogP contribution < -0.4 is 0 Å². The van der Waals surface area contributed by atoms with Crippen LogP contribution >= 0.6 is 11.6 Å². The fourth-order valence-electron chi connectivity index (χ4n) is 1.93. The number of carbonyl (C=O) groups is 1. The Bertz CT molecular complexity index is 412. The van der Waals surface area contributed by atoms with Crippen LogP contribution in [0.2, 0.25) is 5.02 Å². The second-order valence-corrected chi connectivity index (χ2v) is 5.16. The maximum absolute atomic E-state index is 12.1. The van der Waals surface area contributed by atoms with Crippen molar-refractivity contribution in [1.29, 1.82) is 0 Å². The van der Waals surface area contributed by atoms with E-state index in [2.05, 4.69) is 0 Å². The minimum Gasteiger partial charge on any atom is -0.395 e. The van der Waals surface area contributed by atoms with Crippen LogP contribution in [-0.2, 0) is 11.3 Å². The summed E-state index contributed by atoms with van der Waals surface area (Å²) < 4.78 is 0. The molecule has 4 heteroatoms. The standard InChI is InChI=1S/C13H16ClNO2/c1-15(12(17)13(9-16)6-7-13)8-10-2-4-11(14)5-3-10/h2-5,16H,6-9H2,1H3. The summed E-state index contributed by atoms with van der Waals surface area (Å²) in [5.74, 6) is 0.0370. The average Bonchev–Trinajstić information content (AvgIpc) is 3.12. The molecule has 1 N–H and O–H groups in total. The third-order valence-electron chi connectivity index (χ3n) is 3.29. The van der Waals surface area contributed by atoms with Gasteiger partial charge in [0.05, 0.1) is 12.0 Å². The highest BCUT2D eigenvalue weighted by atomic mass is 35.5. The summed E-state index contributed by atoms with van der Waals surface area (Å²) in [4.78, 5) is 13.7. The number of rotatable bonds is 4.